The number of hydrogen-bond donors (Lipinski definition) is 0. The zero-order valence-electron chi connectivity index (χ0n) is 13.7. The van der Waals surface area contributed by atoms with Crippen LogP contribution in [0.4, 0.5) is 5.69 Å². The molecule has 0 aliphatic carbocycles. The van der Waals surface area contributed by atoms with Gasteiger partial charge in [0.2, 0.25) is 0 Å². The molecule has 0 atom stereocenters. The molecule has 0 saturated heterocycles. The minimum Gasteiger partial charge on any atom is -0.467 e. The molecule has 0 radical (unpaired) electrons. The number of non-ortho nitro benzene ring substituents is 1. The third-order valence-electron chi connectivity index (χ3n) is 3.79. The predicted octanol–water partition coefficient (Wildman–Crippen LogP) is 4.51. The smallest absolute Gasteiger partial charge is 0.270 e. The van der Waals surface area contributed by atoms with Gasteiger partial charge in [-0.2, -0.15) is 11.8 Å². The lowest BCUT2D eigenvalue weighted by Crippen LogP contribution is -2.13. The Balaban J connectivity index is 1.76. The number of rotatable bonds is 5. The van der Waals surface area contributed by atoms with E-state index in [0.717, 1.165) is 22.6 Å². The van der Waals surface area contributed by atoms with Crippen LogP contribution in [0.1, 0.15) is 27.8 Å². The number of thioether (sulfide) groups is 1. The quantitative estimate of drug-likeness (QED) is 0.589. The Hall–Kier alpha value is -2.05. The van der Waals surface area contributed by atoms with Crippen molar-refractivity contribution in [1.82, 2.24) is 0 Å². The maximum Gasteiger partial charge on any atom is 0.270 e. The Morgan fingerprint density at radius 3 is 2.58 bits per heavy atom. The molecule has 24 heavy (non-hydrogen) atoms. The van der Waals surface area contributed by atoms with Crippen molar-refractivity contribution < 1.29 is 14.4 Å². The third-order valence-corrected chi connectivity index (χ3v) is 4.84. The number of aryl methyl sites for hydroxylation is 2. The van der Waals surface area contributed by atoms with E-state index >= 15 is 0 Å². The van der Waals surface area contributed by atoms with E-state index in [1.54, 1.807) is 17.8 Å². The Morgan fingerprint density at radius 2 is 1.88 bits per heavy atom. The van der Waals surface area contributed by atoms with Gasteiger partial charge in [0.05, 0.1) is 11.5 Å². The maximum absolute atomic E-state index is 11.1. The minimum absolute atomic E-state index is 0.0878. The van der Waals surface area contributed by atoms with Gasteiger partial charge in [0.1, 0.15) is 5.75 Å². The first-order valence-electron chi connectivity index (χ1n) is 7.68. The number of nitro groups is 1. The summed E-state index contributed by atoms with van der Waals surface area (Å²) in [6.45, 7) is 4.73. The zero-order chi connectivity index (χ0) is 17.1. The highest BCUT2D eigenvalue weighted by molar-refractivity contribution is 7.97. The monoisotopic (exact) mass is 345 g/mol. The molecule has 0 unspecified atom stereocenters. The summed E-state index contributed by atoms with van der Waals surface area (Å²) in [5.74, 6) is 2.26. The van der Waals surface area contributed by atoms with Crippen molar-refractivity contribution in [2.24, 2.45) is 0 Å². The lowest BCUT2D eigenvalue weighted by atomic mass is 10.1. The fourth-order valence-electron chi connectivity index (χ4n) is 2.92. The molecule has 0 N–H and O–H groups in total. The second-order valence-electron chi connectivity index (χ2n) is 5.95. The molecule has 0 saturated carbocycles. The predicted molar refractivity (Wildman–Crippen MR) is 94.3 cm³/mol. The third kappa shape index (κ3) is 3.88. The van der Waals surface area contributed by atoms with Crippen LogP contribution >= 0.6 is 11.8 Å². The Bertz CT molecular complexity index is 756. The molecule has 0 aromatic heterocycles. The van der Waals surface area contributed by atoms with E-state index in [9.17, 15) is 10.1 Å². The second kappa shape index (κ2) is 7.23. The number of fused-ring (bicyclic) bond motifs is 1. The van der Waals surface area contributed by atoms with Crippen LogP contribution in [0.15, 0.2) is 30.3 Å². The molecule has 0 amide bonds. The average Bonchev–Trinajstić information content (AvgIpc) is 2.53. The zero-order valence-corrected chi connectivity index (χ0v) is 14.5. The summed E-state index contributed by atoms with van der Waals surface area (Å²) in [5, 5.41) is 11.1. The first-order valence-corrected chi connectivity index (χ1v) is 8.84. The van der Waals surface area contributed by atoms with Gasteiger partial charge in [0.15, 0.2) is 6.79 Å². The molecule has 6 heteroatoms. The fraction of sp³-hybridized carbons (Fsp3) is 0.333. The van der Waals surface area contributed by atoms with Gasteiger partial charge in [-0.05, 0) is 19.4 Å². The highest BCUT2D eigenvalue weighted by atomic mass is 32.2. The van der Waals surface area contributed by atoms with Gasteiger partial charge in [0, 0.05) is 34.8 Å². The van der Waals surface area contributed by atoms with E-state index in [2.05, 4.69) is 32.0 Å². The van der Waals surface area contributed by atoms with E-state index in [0.29, 0.717) is 12.4 Å². The molecule has 5 nitrogen and oxygen atoms in total. The number of ether oxygens (including phenoxy) is 2. The van der Waals surface area contributed by atoms with Crippen LogP contribution in [-0.2, 0) is 22.8 Å². The van der Waals surface area contributed by atoms with Gasteiger partial charge in [-0.25, -0.2) is 0 Å². The van der Waals surface area contributed by atoms with Crippen molar-refractivity contribution in [3.05, 3.63) is 68.3 Å². The summed E-state index contributed by atoms with van der Waals surface area (Å²) < 4.78 is 10.8. The van der Waals surface area contributed by atoms with Gasteiger partial charge < -0.3 is 9.47 Å². The van der Waals surface area contributed by atoms with Crippen molar-refractivity contribution in [1.29, 1.82) is 0 Å². The first kappa shape index (κ1) is 16.8. The highest BCUT2D eigenvalue weighted by Gasteiger charge is 2.20. The summed E-state index contributed by atoms with van der Waals surface area (Å²) in [6, 6.07) is 9.64. The van der Waals surface area contributed by atoms with E-state index in [1.165, 1.54) is 22.8 Å². The molecule has 1 heterocycles. The molecule has 3 rings (SSSR count). The summed E-state index contributed by atoms with van der Waals surface area (Å²) >= 11 is 1.73. The van der Waals surface area contributed by atoms with Crippen LogP contribution in [0.3, 0.4) is 0 Å². The van der Waals surface area contributed by atoms with Crippen LogP contribution in [0, 0.1) is 24.0 Å². The standard InChI is InChI=1S/C18H19NO4S/c1-12-3-13(2)5-14(4-12)9-24-10-16-7-17(19(20)21)6-15-8-22-11-23-18(15)16/h3-7H,8-11H2,1-2H3. The van der Waals surface area contributed by atoms with Crippen molar-refractivity contribution in [3.8, 4) is 5.75 Å². The molecule has 0 fully saturated rings. The second-order valence-corrected chi connectivity index (χ2v) is 6.94. The largest absolute Gasteiger partial charge is 0.467 e. The number of benzene rings is 2. The average molecular weight is 345 g/mol. The molecular formula is C18H19NO4S. The van der Waals surface area contributed by atoms with Gasteiger partial charge in [-0.3, -0.25) is 10.1 Å². The Labute approximate surface area is 145 Å². The lowest BCUT2D eigenvalue weighted by Gasteiger charge is -2.20. The summed E-state index contributed by atoms with van der Waals surface area (Å²) in [5.41, 5.74) is 5.46. The van der Waals surface area contributed by atoms with Crippen LogP contribution in [-0.4, -0.2) is 11.7 Å². The summed E-state index contributed by atoms with van der Waals surface area (Å²) in [4.78, 5) is 10.8. The fourth-order valence-corrected chi connectivity index (χ4v) is 3.86. The Kier molecular flexibility index (Phi) is 5.06. The molecule has 0 spiro atoms. The lowest BCUT2D eigenvalue weighted by molar-refractivity contribution is -0.385. The van der Waals surface area contributed by atoms with Crippen LogP contribution < -0.4 is 4.74 Å². The normalized spacial score (nSPS) is 13.2. The van der Waals surface area contributed by atoms with Crippen LogP contribution in [0.2, 0.25) is 0 Å². The molecular weight excluding hydrogens is 326 g/mol. The van der Waals surface area contributed by atoms with Crippen LogP contribution in [0.5, 0.6) is 5.75 Å². The number of hydrogen-bond acceptors (Lipinski definition) is 5. The van der Waals surface area contributed by atoms with Gasteiger partial charge in [-0.1, -0.05) is 29.3 Å². The number of nitrogens with zero attached hydrogens (tertiary/aromatic N) is 1. The van der Waals surface area contributed by atoms with Gasteiger partial charge in [0.25, 0.3) is 5.69 Å². The highest BCUT2D eigenvalue weighted by Crippen LogP contribution is 2.35. The van der Waals surface area contributed by atoms with Crippen molar-refractivity contribution in [3.63, 3.8) is 0 Å². The molecule has 2 aromatic carbocycles. The van der Waals surface area contributed by atoms with Crippen molar-refractivity contribution >= 4 is 17.4 Å². The summed E-state index contributed by atoms with van der Waals surface area (Å²) in [7, 11) is 0. The van der Waals surface area contributed by atoms with Gasteiger partial charge in [-0.15, -0.1) is 0 Å². The molecule has 126 valence electrons. The first-order chi connectivity index (χ1) is 11.5. The summed E-state index contributed by atoms with van der Waals surface area (Å²) in [6.07, 6.45) is 0. The Morgan fingerprint density at radius 1 is 1.12 bits per heavy atom. The minimum atomic E-state index is -0.368. The molecule has 2 aromatic rings. The van der Waals surface area contributed by atoms with E-state index in [4.69, 9.17) is 9.47 Å². The van der Waals surface area contributed by atoms with Crippen molar-refractivity contribution in [2.75, 3.05) is 6.79 Å². The van der Waals surface area contributed by atoms with Gasteiger partial charge >= 0.3 is 0 Å². The topological polar surface area (TPSA) is 61.6 Å². The molecule has 0 bridgehead atoms. The van der Waals surface area contributed by atoms with E-state index in [1.807, 2.05) is 0 Å². The molecule has 1 aliphatic heterocycles. The SMILES string of the molecule is Cc1cc(C)cc(CSCc2cc([N+](=O)[O-])cc3c2OCOC3)c1. The van der Waals surface area contributed by atoms with Crippen LogP contribution in [0.25, 0.3) is 0 Å². The molecule has 1 aliphatic rings. The maximum atomic E-state index is 11.1. The van der Waals surface area contributed by atoms with Crippen molar-refractivity contribution in [2.45, 2.75) is 32.0 Å². The van der Waals surface area contributed by atoms with E-state index in [-0.39, 0.29) is 17.4 Å². The van der Waals surface area contributed by atoms with E-state index < -0.39 is 0 Å². The number of nitro benzene ring substituents is 1.